The monoisotopic (exact) mass is 357 g/mol. The van der Waals surface area contributed by atoms with Crippen LogP contribution >= 0.6 is 0 Å². The van der Waals surface area contributed by atoms with Crippen LogP contribution in [0, 0.1) is 0 Å². The van der Waals surface area contributed by atoms with E-state index < -0.39 is 54.9 Å². The zero-order valence-electron chi connectivity index (χ0n) is 13.9. The number of methoxy groups -OCH3 is 1. The number of nitrogens with two attached hydrogens (primary N) is 2. The van der Waals surface area contributed by atoms with Gasteiger partial charge >= 0.3 is 0 Å². The number of halogens is 3. The highest BCUT2D eigenvalue weighted by molar-refractivity contribution is 5.82. The summed E-state index contributed by atoms with van der Waals surface area (Å²) in [5.74, 6) is -5.22. The standard InChI is InChI=1S/C14H26F3N3O4/c1-6(2)24-11-9(15)8(4-7(19)10(11)23-3)20-13(22)12(21)14(16,17)5-18/h6-12,21H,4-5,18-19H2,1-3H3,(H,20,22)/t7-,8+,9?,10+,11+,12?/m0/s1. The molecule has 0 saturated heterocycles. The number of carbonyl (C=O) groups is 1. The largest absolute Gasteiger partial charge is 0.378 e. The van der Waals surface area contributed by atoms with E-state index in [0.29, 0.717) is 0 Å². The third-order valence-electron chi connectivity index (χ3n) is 3.92. The Labute approximate surface area is 138 Å². The maximum atomic E-state index is 14.7. The molecule has 0 aromatic heterocycles. The summed E-state index contributed by atoms with van der Waals surface area (Å²) >= 11 is 0. The minimum Gasteiger partial charge on any atom is -0.378 e. The molecule has 6 atom stereocenters. The van der Waals surface area contributed by atoms with Crippen molar-refractivity contribution in [2.75, 3.05) is 13.7 Å². The molecule has 1 amide bonds. The molecule has 0 heterocycles. The molecule has 1 aliphatic carbocycles. The Morgan fingerprint density at radius 1 is 1.42 bits per heavy atom. The van der Waals surface area contributed by atoms with Crippen molar-refractivity contribution in [3.05, 3.63) is 0 Å². The zero-order chi connectivity index (χ0) is 18.7. The second-order valence-corrected chi connectivity index (χ2v) is 6.18. The van der Waals surface area contributed by atoms with Gasteiger partial charge in [-0.15, -0.1) is 0 Å². The third-order valence-corrected chi connectivity index (χ3v) is 3.92. The van der Waals surface area contributed by atoms with Crippen LogP contribution < -0.4 is 16.8 Å². The van der Waals surface area contributed by atoms with Crippen molar-refractivity contribution < 1.29 is 32.5 Å². The van der Waals surface area contributed by atoms with E-state index in [9.17, 15) is 23.1 Å². The summed E-state index contributed by atoms with van der Waals surface area (Å²) < 4.78 is 51.9. The van der Waals surface area contributed by atoms with Gasteiger partial charge in [0.05, 0.1) is 18.7 Å². The summed E-state index contributed by atoms with van der Waals surface area (Å²) in [4.78, 5) is 11.8. The van der Waals surface area contributed by atoms with Gasteiger partial charge in [-0.05, 0) is 20.3 Å². The predicted octanol–water partition coefficient (Wildman–Crippen LogP) is -0.696. The lowest BCUT2D eigenvalue weighted by molar-refractivity contribution is -0.160. The highest BCUT2D eigenvalue weighted by Gasteiger charge is 2.48. The second-order valence-electron chi connectivity index (χ2n) is 6.18. The van der Waals surface area contributed by atoms with Crippen LogP contribution in [0.1, 0.15) is 20.3 Å². The summed E-state index contributed by atoms with van der Waals surface area (Å²) in [6, 6.07) is -1.87. The highest BCUT2D eigenvalue weighted by Crippen LogP contribution is 2.28. The zero-order valence-corrected chi connectivity index (χ0v) is 13.9. The van der Waals surface area contributed by atoms with Gasteiger partial charge in [-0.1, -0.05) is 0 Å². The normalized spacial score (nSPS) is 32.7. The number of amides is 1. The number of alkyl halides is 3. The van der Waals surface area contributed by atoms with Crippen LogP contribution in [-0.4, -0.2) is 73.3 Å². The van der Waals surface area contributed by atoms with Crippen molar-refractivity contribution in [3.8, 4) is 0 Å². The molecule has 0 aromatic carbocycles. The van der Waals surface area contributed by atoms with E-state index >= 15 is 0 Å². The van der Waals surface area contributed by atoms with Crippen LogP contribution in [0.5, 0.6) is 0 Å². The Morgan fingerprint density at radius 3 is 2.46 bits per heavy atom. The number of aliphatic hydroxyl groups is 1. The van der Waals surface area contributed by atoms with E-state index in [1.807, 2.05) is 0 Å². The molecule has 0 spiro atoms. The van der Waals surface area contributed by atoms with E-state index in [1.54, 1.807) is 13.8 Å². The quantitative estimate of drug-likeness (QED) is 0.478. The van der Waals surface area contributed by atoms with Crippen molar-refractivity contribution in [2.45, 2.75) is 68.9 Å². The van der Waals surface area contributed by atoms with Gasteiger partial charge in [-0.25, -0.2) is 13.2 Å². The van der Waals surface area contributed by atoms with Gasteiger partial charge in [0.15, 0.2) is 6.10 Å². The average molecular weight is 357 g/mol. The molecule has 10 heteroatoms. The minimum atomic E-state index is -3.81. The molecule has 7 nitrogen and oxygen atoms in total. The lowest BCUT2D eigenvalue weighted by atomic mass is 9.84. The fourth-order valence-electron chi connectivity index (χ4n) is 2.69. The number of carbonyl (C=O) groups excluding carboxylic acids is 1. The molecule has 24 heavy (non-hydrogen) atoms. The SMILES string of the molecule is CO[C@H]1[C@H](OC(C)C)C(F)[C@H](NC(=O)C(O)C(F)(F)CN)C[C@@H]1N. The van der Waals surface area contributed by atoms with Crippen molar-refractivity contribution in [1.82, 2.24) is 5.32 Å². The molecule has 1 rings (SSSR count). The lowest BCUT2D eigenvalue weighted by Gasteiger charge is -2.42. The Kier molecular flexibility index (Phi) is 7.42. The first kappa shape index (κ1) is 21.1. The molecule has 0 radical (unpaired) electrons. The molecule has 0 aliphatic heterocycles. The Bertz CT molecular complexity index is 428. The Hall–Kier alpha value is -0.940. The fraction of sp³-hybridized carbons (Fsp3) is 0.929. The topological polar surface area (TPSA) is 120 Å². The summed E-state index contributed by atoms with van der Waals surface area (Å²) in [7, 11) is 1.36. The second kappa shape index (κ2) is 8.43. The molecule has 1 fully saturated rings. The molecular weight excluding hydrogens is 331 g/mol. The molecule has 1 saturated carbocycles. The average Bonchev–Trinajstić information content (AvgIpc) is 2.50. The van der Waals surface area contributed by atoms with Crippen molar-refractivity contribution in [3.63, 3.8) is 0 Å². The number of rotatable bonds is 7. The first-order valence-electron chi connectivity index (χ1n) is 7.69. The van der Waals surface area contributed by atoms with E-state index in [1.165, 1.54) is 7.11 Å². The summed E-state index contributed by atoms with van der Waals surface area (Å²) in [5.41, 5.74) is 10.7. The molecule has 0 bridgehead atoms. The molecule has 1 aliphatic rings. The number of aliphatic hydroxyl groups excluding tert-OH is 1. The van der Waals surface area contributed by atoms with Crippen LogP contribution in [0.2, 0.25) is 0 Å². The molecule has 2 unspecified atom stereocenters. The van der Waals surface area contributed by atoms with Crippen LogP contribution in [0.4, 0.5) is 13.2 Å². The van der Waals surface area contributed by atoms with Crippen LogP contribution in [-0.2, 0) is 14.3 Å². The van der Waals surface area contributed by atoms with Crippen LogP contribution in [0.3, 0.4) is 0 Å². The van der Waals surface area contributed by atoms with Crippen molar-refractivity contribution >= 4 is 5.91 Å². The number of nitrogens with one attached hydrogen (secondary N) is 1. The number of ether oxygens (including phenoxy) is 2. The molecular formula is C14H26F3N3O4. The molecule has 142 valence electrons. The van der Waals surface area contributed by atoms with Crippen molar-refractivity contribution in [2.24, 2.45) is 11.5 Å². The van der Waals surface area contributed by atoms with Crippen molar-refractivity contribution in [1.29, 1.82) is 0 Å². The fourth-order valence-corrected chi connectivity index (χ4v) is 2.69. The molecule has 0 aromatic rings. The first-order chi connectivity index (χ1) is 11.0. The van der Waals surface area contributed by atoms with E-state index in [-0.39, 0.29) is 12.5 Å². The lowest BCUT2D eigenvalue weighted by Crippen LogP contribution is -2.64. The van der Waals surface area contributed by atoms with E-state index in [4.69, 9.17) is 20.9 Å². The van der Waals surface area contributed by atoms with Gasteiger partial charge in [0.25, 0.3) is 11.8 Å². The van der Waals surface area contributed by atoms with Gasteiger partial charge in [-0.2, -0.15) is 0 Å². The number of hydrogen-bond donors (Lipinski definition) is 4. The van der Waals surface area contributed by atoms with E-state index in [2.05, 4.69) is 5.32 Å². The maximum Gasteiger partial charge on any atom is 0.294 e. The third kappa shape index (κ3) is 4.79. The van der Waals surface area contributed by atoms with Crippen LogP contribution in [0.25, 0.3) is 0 Å². The Morgan fingerprint density at radius 2 is 2.00 bits per heavy atom. The van der Waals surface area contributed by atoms with Gasteiger partial charge < -0.3 is 31.4 Å². The summed E-state index contributed by atoms with van der Waals surface area (Å²) in [5, 5.41) is 11.5. The molecule has 6 N–H and O–H groups in total. The maximum absolute atomic E-state index is 14.7. The smallest absolute Gasteiger partial charge is 0.294 e. The van der Waals surface area contributed by atoms with E-state index in [0.717, 1.165) is 0 Å². The summed E-state index contributed by atoms with van der Waals surface area (Å²) in [6.07, 6.45) is -6.61. The van der Waals surface area contributed by atoms with Gasteiger partial charge in [0.1, 0.15) is 18.4 Å². The van der Waals surface area contributed by atoms with Gasteiger partial charge in [-0.3, -0.25) is 4.79 Å². The minimum absolute atomic E-state index is 0.0513. The predicted molar refractivity (Wildman–Crippen MR) is 80.2 cm³/mol. The number of hydrogen-bond acceptors (Lipinski definition) is 6. The summed E-state index contributed by atoms with van der Waals surface area (Å²) in [6.45, 7) is 2.17. The van der Waals surface area contributed by atoms with Crippen LogP contribution in [0.15, 0.2) is 0 Å². The van der Waals surface area contributed by atoms with Gasteiger partial charge in [0, 0.05) is 13.2 Å². The Balaban J connectivity index is 2.86. The highest BCUT2D eigenvalue weighted by atomic mass is 19.3. The van der Waals surface area contributed by atoms with Gasteiger partial charge in [0.2, 0.25) is 0 Å². The first-order valence-corrected chi connectivity index (χ1v) is 7.69.